The third-order valence-electron chi connectivity index (χ3n) is 7.94. The monoisotopic (exact) mass is 626 g/mol. The first-order valence-corrected chi connectivity index (χ1v) is 16.6. The van der Waals surface area contributed by atoms with Gasteiger partial charge in [-0.3, -0.25) is 0 Å². The zero-order valence-corrected chi connectivity index (χ0v) is 26.8. The number of hydrogen-bond acceptors (Lipinski definition) is 5. The Kier molecular flexibility index (Phi) is 20.0. The molecule has 0 fully saturated rings. The molecule has 0 radical (unpaired) electrons. The molecule has 0 N–H and O–H groups in total. The summed E-state index contributed by atoms with van der Waals surface area (Å²) in [5, 5.41) is 0. The SMILES string of the molecule is C=CC(=O)OCCCCCCC(CCCCCCOC(=O)C=C)CCCCC(F)C(F)COc1ccc(-c2ccccc2)cc1. The van der Waals surface area contributed by atoms with E-state index in [-0.39, 0.29) is 25.0 Å². The smallest absolute Gasteiger partial charge is 0.330 e. The van der Waals surface area contributed by atoms with Crippen molar-refractivity contribution in [1.29, 1.82) is 0 Å². The lowest BCUT2D eigenvalue weighted by Gasteiger charge is -2.18. The van der Waals surface area contributed by atoms with Crippen molar-refractivity contribution in [2.75, 3.05) is 19.8 Å². The first kappa shape index (κ1) is 37.7. The topological polar surface area (TPSA) is 61.8 Å². The molecule has 0 amide bonds. The molecule has 2 atom stereocenters. The highest BCUT2D eigenvalue weighted by Gasteiger charge is 2.21. The fourth-order valence-electron chi connectivity index (χ4n) is 5.28. The quantitative estimate of drug-likeness (QED) is 0.0591. The largest absolute Gasteiger partial charge is 0.490 e. The normalized spacial score (nSPS) is 12.3. The van der Waals surface area contributed by atoms with Crippen LogP contribution in [0.3, 0.4) is 0 Å². The molecule has 0 aromatic heterocycles. The predicted octanol–water partition coefficient (Wildman–Crippen LogP) is 9.94. The number of carbonyl (C=O) groups excluding carboxylic acids is 2. The molecule has 0 saturated heterocycles. The molecule has 0 heterocycles. The molecule has 0 aliphatic carbocycles. The van der Waals surface area contributed by atoms with E-state index < -0.39 is 12.3 Å². The number of unbranched alkanes of at least 4 members (excludes halogenated alkanes) is 7. The Labute approximate surface area is 269 Å². The van der Waals surface area contributed by atoms with Crippen LogP contribution in [0.5, 0.6) is 5.75 Å². The summed E-state index contributed by atoms with van der Waals surface area (Å²) in [6.07, 6.45) is 12.1. The number of alkyl halides is 2. The summed E-state index contributed by atoms with van der Waals surface area (Å²) in [7, 11) is 0. The highest BCUT2D eigenvalue weighted by molar-refractivity contribution is 5.81. The van der Waals surface area contributed by atoms with E-state index in [1.165, 1.54) is 12.2 Å². The number of esters is 2. The zero-order valence-electron chi connectivity index (χ0n) is 26.8. The Morgan fingerprint density at radius 2 is 1.07 bits per heavy atom. The van der Waals surface area contributed by atoms with Crippen LogP contribution in [0.15, 0.2) is 79.9 Å². The molecule has 2 rings (SSSR count). The minimum absolute atomic E-state index is 0.192. The summed E-state index contributed by atoms with van der Waals surface area (Å²) in [6.45, 7) is 7.34. The molecule has 7 heteroatoms. The van der Waals surface area contributed by atoms with E-state index in [1.807, 2.05) is 42.5 Å². The predicted molar refractivity (Wildman–Crippen MR) is 178 cm³/mol. The second kappa shape index (κ2) is 23.8. The maximum Gasteiger partial charge on any atom is 0.330 e. The van der Waals surface area contributed by atoms with Crippen LogP contribution in [-0.4, -0.2) is 44.1 Å². The average Bonchev–Trinajstić information content (AvgIpc) is 3.07. The molecule has 2 aromatic carbocycles. The van der Waals surface area contributed by atoms with Crippen LogP contribution in [0.4, 0.5) is 8.78 Å². The highest BCUT2D eigenvalue weighted by atomic mass is 19.2. The molecular formula is C38H52F2O5. The van der Waals surface area contributed by atoms with Crippen LogP contribution in [0.25, 0.3) is 11.1 Å². The van der Waals surface area contributed by atoms with Crippen molar-refractivity contribution in [2.45, 2.75) is 102 Å². The molecular weight excluding hydrogens is 574 g/mol. The van der Waals surface area contributed by atoms with E-state index in [4.69, 9.17) is 14.2 Å². The molecule has 5 nitrogen and oxygen atoms in total. The molecule has 0 aliphatic rings. The average molecular weight is 627 g/mol. The van der Waals surface area contributed by atoms with Gasteiger partial charge >= 0.3 is 11.9 Å². The molecule has 0 aliphatic heterocycles. The van der Waals surface area contributed by atoms with E-state index in [0.29, 0.717) is 31.3 Å². The lowest BCUT2D eigenvalue weighted by Crippen LogP contribution is -2.24. The van der Waals surface area contributed by atoms with Crippen LogP contribution in [0.2, 0.25) is 0 Å². The highest BCUT2D eigenvalue weighted by Crippen LogP contribution is 2.26. The van der Waals surface area contributed by atoms with Gasteiger partial charge in [-0.15, -0.1) is 0 Å². The fourth-order valence-corrected chi connectivity index (χ4v) is 5.28. The number of benzene rings is 2. The summed E-state index contributed by atoms with van der Waals surface area (Å²) in [5.41, 5.74) is 2.13. The Morgan fingerprint density at radius 3 is 1.60 bits per heavy atom. The molecule has 0 bridgehead atoms. The molecule has 2 aromatic rings. The van der Waals surface area contributed by atoms with E-state index in [2.05, 4.69) is 13.2 Å². The number of rotatable bonds is 26. The van der Waals surface area contributed by atoms with Crippen molar-refractivity contribution in [3.63, 3.8) is 0 Å². The first-order chi connectivity index (χ1) is 21.9. The minimum Gasteiger partial charge on any atom is -0.490 e. The van der Waals surface area contributed by atoms with Crippen molar-refractivity contribution in [3.8, 4) is 16.9 Å². The van der Waals surface area contributed by atoms with Gasteiger partial charge in [0.05, 0.1) is 13.2 Å². The molecule has 0 saturated carbocycles. The summed E-state index contributed by atoms with van der Waals surface area (Å²) >= 11 is 0. The van der Waals surface area contributed by atoms with Gasteiger partial charge in [0.25, 0.3) is 0 Å². The number of halogens is 2. The van der Waals surface area contributed by atoms with E-state index in [0.717, 1.165) is 88.2 Å². The van der Waals surface area contributed by atoms with Gasteiger partial charge in [0.2, 0.25) is 0 Å². The molecule has 2 unspecified atom stereocenters. The summed E-state index contributed by atoms with van der Waals surface area (Å²) in [6, 6.07) is 17.4. The van der Waals surface area contributed by atoms with Gasteiger partial charge in [-0.05, 0) is 48.4 Å². The van der Waals surface area contributed by atoms with Crippen molar-refractivity contribution in [3.05, 3.63) is 79.9 Å². The van der Waals surface area contributed by atoms with Crippen LogP contribution in [0.1, 0.15) is 89.9 Å². The van der Waals surface area contributed by atoms with Gasteiger partial charge in [-0.1, -0.05) is 126 Å². The van der Waals surface area contributed by atoms with Crippen LogP contribution >= 0.6 is 0 Å². The number of hydrogen-bond donors (Lipinski definition) is 0. The molecule has 248 valence electrons. The third kappa shape index (κ3) is 17.6. The van der Waals surface area contributed by atoms with Gasteiger partial charge in [0.15, 0.2) is 6.17 Å². The maximum atomic E-state index is 14.6. The second-order valence-corrected chi connectivity index (χ2v) is 11.5. The summed E-state index contributed by atoms with van der Waals surface area (Å²) in [5.74, 6) is 0.307. The van der Waals surface area contributed by atoms with Crippen LogP contribution in [0, 0.1) is 5.92 Å². The molecule has 0 spiro atoms. The number of ether oxygens (including phenoxy) is 3. The Bertz CT molecular complexity index is 1060. The minimum atomic E-state index is -1.66. The van der Waals surface area contributed by atoms with Crippen molar-refractivity contribution >= 4 is 11.9 Å². The van der Waals surface area contributed by atoms with Crippen LogP contribution < -0.4 is 4.74 Å². The fraction of sp³-hybridized carbons (Fsp3) is 0.526. The number of carbonyl (C=O) groups is 2. The van der Waals surface area contributed by atoms with Gasteiger partial charge in [0.1, 0.15) is 18.5 Å². The van der Waals surface area contributed by atoms with Gasteiger partial charge in [-0.2, -0.15) is 0 Å². The standard InChI is InChI=1S/C38H52F2O5/c1-3-37(41)43-28-16-7-5-10-18-31(19-11-6-8-17-29-44-38(42)4-2)20-14-15-23-35(39)36(40)30-45-34-26-24-33(25-27-34)32-21-12-9-13-22-32/h3-4,9,12-13,21-22,24-27,31,35-36H,1-2,5-8,10-11,14-20,23,28-30H2. The maximum absolute atomic E-state index is 14.6. The third-order valence-corrected chi connectivity index (χ3v) is 7.94. The summed E-state index contributed by atoms with van der Waals surface area (Å²) in [4.78, 5) is 22.3. The van der Waals surface area contributed by atoms with E-state index in [9.17, 15) is 18.4 Å². The molecule has 45 heavy (non-hydrogen) atoms. The Morgan fingerprint density at radius 1 is 0.600 bits per heavy atom. The van der Waals surface area contributed by atoms with Gasteiger partial charge in [0, 0.05) is 12.2 Å². The van der Waals surface area contributed by atoms with E-state index >= 15 is 0 Å². The van der Waals surface area contributed by atoms with Gasteiger partial charge in [-0.25, -0.2) is 18.4 Å². The first-order valence-electron chi connectivity index (χ1n) is 16.6. The van der Waals surface area contributed by atoms with Crippen molar-refractivity contribution < 1.29 is 32.6 Å². The van der Waals surface area contributed by atoms with E-state index in [1.54, 1.807) is 12.1 Å². The summed E-state index contributed by atoms with van der Waals surface area (Å²) < 4.78 is 44.8. The second-order valence-electron chi connectivity index (χ2n) is 11.5. The Balaban J connectivity index is 1.66. The lowest BCUT2D eigenvalue weighted by molar-refractivity contribution is -0.138. The van der Waals surface area contributed by atoms with Gasteiger partial charge < -0.3 is 14.2 Å². The van der Waals surface area contributed by atoms with Crippen molar-refractivity contribution in [1.82, 2.24) is 0 Å². The van der Waals surface area contributed by atoms with Crippen LogP contribution in [-0.2, 0) is 19.1 Å². The lowest BCUT2D eigenvalue weighted by atomic mass is 9.89. The zero-order chi connectivity index (χ0) is 32.5. The Hall–Kier alpha value is -3.48. The van der Waals surface area contributed by atoms with Crippen molar-refractivity contribution in [2.24, 2.45) is 5.92 Å².